The third-order valence-electron chi connectivity index (χ3n) is 4.30. The van der Waals surface area contributed by atoms with Gasteiger partial charge in [-0.2, -0.15) is 0 Å². The number of carbonyl (C=O) groups is 2. The number of carbonyl (C=O) groups excluding carboxylic acids is 1. The summed E-state index contributed by atoms with van der Waals surface area (Å²) in [7, 11) is 0. The molecule has 6 nitrogen and oxygen atoms in total. The van der Waals surface area contributed by atoms with Crippen molar-refractivity contribution in [3.8, 4) is 16.3 Å². The lowest BCUT2D eigenvalue weighted by atomic mass is 10.0. The highest BCUT2D eigenvalue weighted by Crippen LogP contribution is 2.28. The SMILES string of the molecule is CCOc1ccc(-c2nc(C(=O)N[C@@H]3CCC[C@@H]3C(=O)O)cs2)cc1. The average molecular weight is 360 g/mol. The first-order chi connectivity index (χ1) is 12.1. The van der Waals surface area contributed by atoms with E-state index < -0.39 is 11.9 Å². The van der Waals surface area contributed by atoms with Crippen molar-refractivity contribution in [3.05, 3.63) is 35.3 Å². The van der Waals surface area contributed by atoms with Crippen molar-refractivity contribution in [1.29, 1.82) is 0 Å². The Bertz CT molecular complexity index is 757. The Kier molecular flexibility index (Phi) is 5.33. The number of nitrogens with zero attached hydrogens (tertiary/aromatic N) is 1. The summed E-state index contributed by atoms with van der Waals surface area (Å²) in [6, 6.07) is 7.23. The molecule has 25 heavy (non-hydrogen) atoms. The number of hydrogen-bond donors (Lipinski definition) is 2. The first kappa shape index (κ1) is 17.4. The Labute approximate surface area is 149 Å². The van der Waals surface area contributed by atoms with Gasteiger partial charge in [0.25, 0.3) is 5.91 Å². The van der Waals surface area contributed by atoms with Gasteiger partial charge in [-0.1, -0.05) is 6.42 Å². The first-order valence-corrected chi connectivity index (χ1v) is 9.19. The van der Waals surface area contributed by atoms with Gasteiger partial charge in [-0.15, -0.1) is 11.3 Å². The topological polar surface area (TPSA) is 88.5 Å². The Morgan fingerprint density at radius 2 is 2.08 bits per heavy atom. The second-order valence-electron chi connectivity index (χ2n) is 5.95. The highest BCUT2D eigenvalue weighted by Gasteiger charge is 2.34. The van der Waals surface area contributed by atoms with Crippen LogP contribution in [0.3, 0.4) is 0 Å². The smallest absolute Gasteiger partial charge is 0.308 e. The fraction of sp³-hybridized carbons (Fsp3) is 0.389. The Hall–Kier alpha value is -2.41. The van der Waals surface area contributed by atoms with Crippen LogP contribution in [0.1, 0.15) is 36.7 Å². The summed E-state index contributed by atoms with van der Waals surface area (Å²) in [5.41, 5.74) is 1.24. The third kappa shape index (κ3) is 3.99. The molecule has 3 rings (SSSR count). The lowest BCUT2D eigenvalue weighted by Crippen LogP contribution is -2.40. The molecule has 2 aromatic rings. The van der Waals surface area contributed by atoms with Crippen molar-refractivity contribution in [2.75, 3.05) is 6.61 Å². The second kappa shape index (κ2) is 7.65. The van der Waals surface area contributed by atoms with Crippen LogP contribution in [-0.2, 0) is 4.79 Å². The van der Waals surface area contributed by atoms with Gasteiger partial charge in [0.05, 0.1) is 12.5 Å². The molecule has 0 radical (unpaired) electrons. The zero-order chi connectivity index (χ0) is 17.8. The van der Waals surface area contributed by atoms with Gasteiger partial charge in [0.2, 0.25) is 0 Å². The fourth-order valence-corrected chi connectivity index (χ4v) is 3.85. The molecule has 0 spiro atoms. The molecule has 0 bridgehead atoms. The van der Waals surface area contributed by atoms with Gasteiger partial charge < -0.3 is 15.2 Å². The number of thiazole rings is 1. The Morgan fingerprint density at radius 1 is 1.32 bits per heavy atom. The van der Waals surface area contributed by atoms with Crippen molar-refractivity contribution in [2.45, 2.75) is 32.2 Å². The van der Waals surface area contributed by atoms with Gasteiger partial charge in [-0.05, 0) is 44.0 Å². The van der Waals surface area contributed by atoms with Crippen LogP contribution >= 0.6 is 11.3 Å². The van der Waals surface area contributed by atoms with Gasteiger partial charge >= 0.3 is 5.97 Å². The number of amides is 1. The maximum atomic E-state index is 12.4. The zero-order valence-corrected chi connectivity index (χ0v) is 14.7. The summed E-state index contributed by atoms with van der Waals surface area (Å²) in [6.45, 7) is 2.54. The minimum Gasteiger partial charge on any atom is -0.494 e. The molecule has 132 valence electrons. The van der Waals surface area contributed by atoms with Crippen LogP contribution in [0.4, 0.5) is 0 Å². The normalized spacial score (nSPS) is 19.6. The zero-order valence-electron chi connectivity index (χ0n) is 13.9. The molecule has 0 unspecified atom stereocenters. The average Bonchev–Trinajstić information content (AvgIpc) is 3.25. The monoisotopic (exact) mass is 360 g/mol. The van der Waals surface area contributed by atoms with Crippen molar-refractivity contribution < 1.29 is 19.4 Å². The van der Waals surface area contributed by atoms with Crippen molar-refractivity contribution in [2.24, 2.45) is 5.92 Å². The predicted octanol–water partition coefficient (Wildman–Crippen LogP) is 3.19. The molecule has 1 heterocycles. The molecule has 1 fully saturated rings. The fourth-order valence-electron chi connectivity index (χ4n) is 3.04. The standard InChI is InChI=1S/C18H20N2O4S/c1-2-24-12-8-6-11(7-9-12)17-20-15(10-25-17)16(21)19-14-5-3-4-13(14)18(22)23/h6-10,13-14H,2-5H2,1H3,(H,19,21)(H,22,23)/t13-,14+/m0/s1. The van der Waals surface area contributed by atoms with Crippen LogP contribution in [0.15, 0.2) is 29.6 Å². The molecule has 7 heteroatoms. The van der Waals surface area contributed by atoms with Crippen molar-refractivity contribution in [3.63, 3.8) is 0 Å². The van der Waals surface area contributed by atoms with E-state index in [2.05, 4.69) is 10.3 Å². The molecule has 1 aliphatic rings. The summed E-state index contributed by atoms with van der Waals surface area (Å²) in [4.78, 5) is 28.0. The van der Waals surface area contributed by atoms with E-state index in [1.54, 1.807) is 5.38 Å². The van der Waals surface area contributed by atoms with Crippen molar-refractivity contribution in [1.82, 2.24) is 10.3 Å². The number of benzene rings is 1. The summed E-state index contributed by atoms with van der Waals surface area (Å²) in [5, 5.41) is 14.5. The second-order valence-corrected chi connectivity index (χ2v) is 6.81. The van der Waals surface area contributed by atoms with Crippen LogP contribution < -0.4 is 10.1 Å². The van der Waals surface area contributed by atoms with E-state index in [0.29, 0.717) is 25.1 Å². The molecule has 1 aromatic carbocycles. The van der Waals surface area contributed by atoms with Gasteiger partial charge in [0.1, 0.15) is 16.5 Å². The van der Waals surface area contributed by atoms with Gasteiger partial charge in [0.15, 0.2) is 0 Å². The predicted molar refractivity (Wildman–Crippen MR) is 95.0 cm³/mol. The summed E-state index contributed by atoms with van der Waals surface area (Å²) >= 11 is 1.39. The minimum atomic E-state index is -0.851. The van der Waals surface area contributed by atoms with E-state index in [9.17, 15) is 14.7 Å². The number of rotatable bonds is 6. The van der Waals surface area contributed by atoms with E-state index in [4.69, 9.17) is 4.74 Å². The lowest BCUT2D eigenvalue weighted by molar-refractivity contribution is -0.142. The molecule has 1 aliphatic carbocycles. The first-order valence-electron chi connectivity index (χ1n) is 8.31. The largest absolute Gasteiger partial charge is 0.494 e. The van der Waals surface area contributed by atoms with Crippen LogP contribution in [0.25, 0.3) is 10.6 Å². The molecule has 1 saturated carbocycles. The molecule has 0 aliphatic heterocycles. The van der Waals surface area contributed by atoms with Gasteiger partial charge in [0, 0.05) is 17.0 Å². The molecule has 2 N–H and O–H groups in total. The molecular weight excluding hydrogens is 340 g/mol. The lowest BCUT2D eigenvalue weighted by Gasteiger charge is -2.16. The Balaban J connectivity index is 1.68. The molecular formula is C18H20N2O4S. The van der Waals surface area contributed by atoms with E-state index in [0.717, 1.165) is 22.7 Å². The third-order valence-corrected chi connectivity index (χ3v) is 5.19. The number of nitrogens with one attached hydrogen (secondary N) is 1. The van der Waals surface area contributed by atoms with Crippen LogP contribution in [0.5, 0.6) is 5.75 Å². The van der Waals surface area contributed by atoms with E-state index in [1.807, 2.05) is 31.2 Å². The number of aliphatic carboxylic acids is 1. The van der Waals surface area contributed by atoms with Gasteiger partial charge in [-0.25, -0.2) is 4.98 Å². The molecule has 1 aromatic heterocycles. The quantitative estimate of drug-likeness (QED) is 0.826. The van der Waals surface area contributed by atoms with E-state index in [-0.39, 0.29) is 11.9 Å². The summed E-state index contributed by atoms with van der Waals surface area (Å²) < 4.78 is 5.41. The van der Waals surface area contributed by atoms with E-state index >= 15 is 0 Å². The number of hydrogen-bond acceptors (Lipinski definition) is 5. The maximum absolute atomic E-state index is 12.4. The van der Waals surface area contributed by atoms with Crippen LogP contribution in [0.2, 0.25) is 0 Å². The maximum Gasteiger partial charge on any atom is 0.308 e. The Morgan fingerprint density at radius 3 is 2.76 bits per heavy atom. The van der Waals surface area contributed by atoms with Crippen LogP contribution in [-0.4, -0.2) is 34.6 Å². The number of carboxylic acid groups (broad SMARTS) is 1. The number of aromatic nitrogens is 1. The summed E-state index contributed by atoms with van der Waals surface area (Å²) in [6.07, 6.45) is 2.11. The molecule has 0 saturated heterocycles. The van der Waals surface area contributed by atoms with E-state index in [1.165, 1.54) is 11.3 Å². The number of carboxylic acids is 1. The highest BCUT2D eigenvalue weighted by molar-refractivity contribution is 7.13. The molecule has 1 amide bonds. The molecule has 2 atom stereocenters. The van der Waals surface area contributed by atoms with Gasteiger partial charge in [-0.3, -0.25) is 9.59 Å². The summed E-state index contributed by atoms with van der Waals surface area (Å²) in [5.74, 6) is -0.877. The van der Waals surface area contributed by atoms with Crippen LogP contribution in [0, 0.1) is 5.92 Å². The highest BCUT2D eigenvalue weighted by atomic mass is 32.1. The van der Waals surface area contributed by atoms with Crippen molar-refractivity contribution >= 4 is 23.2 Å². The minimum absolute atomic E-state index is 0.313. The number of ether oxygens (including phenoxy) is 1.